The molecule has 0 amide bonds. The third-order valence-electron chi connectivity index (χ3n) is 3.89. The van der Waals surface area contributed by atoms with Gasteiger partial charge in [0.15, 0.2) is 0 Å². The van der Waals surface area contributed by atoms with Gasteiger partial charge in [-0.1, -0.05) is 44.6 Å². The van der Waals surface area contributed by atoms with Gasteiger partial charge in [-0.2, -0.15) is 11.8 Å². The van der Waals surface area contributed by atoms with Crippen LogP contribution in [0.2, 0.25) is 0 Å². The minimum absolute atomic E-state index is 0.841. The zero-order chi connectivity index (χ0) is 13.8. The first-order chi connectivity index (χ1) is 9.36. The highest BCUT2D eigenvalue weighted by Crippen LogP contribution is 2.24. The third kappa shape index (κ3) is 8.35. The molecule has 1 fully saturated rings. The van der Waals surface area contributed by atoms with Gasteiger partial charge in [0.1, 0.15) is 0 Å². The third-order valence-corrected chi connectivity index (χ3v) is 4.55. The second-order valence-corrected chi connectivity index (χ2v) is 6.32. The van der Waals surface area contributed by atoms with Crippen LogP contribution >= 0.6 is 11.8 Å². The summed E-state index contributed by atoms with van der Waals surface area (Å²) in [6, 6.07) is 0. The summed E-state index contributed by atoms with van der Waals surface area (Å²) in [6.07, 6.45) is 16.2. The summed E-state index contributed by atoms with van der Waals surface area (Å²) in [5.74, 6) is 2.04. The fourth-order valence-electron chi connectivity index (χ4n) is 2.64. The number of aliphatic imine (C=N–C) groups is 1. The van der Waals surface area contributed by atoms with E-state index < -0.39 is 0 Å². The zero-order valence-corrected chi connectivity index (χ0v) is 13.5. The van der Waals surface area contributed by atoms with Crippen molar-refractivity contribution in [2.24, 2.45) is 10.9 Å². The lowest BCUT2D eigenvalue weighted by Crippen LogP contribution is -2.16. The van der Waals surface area contributed by atoms with E-state index in [0.29, 0.717) is 0 Å². The lowest BCUT2D eigenvalue weighted by molar-refractivity contribution is 0.428. The molecule has 0 aliphatic heterocycles. The molecular formula is C16H30N2S. The van der Waals surface area contributed by atoms with E-state index in [-0.39, 0.29) is 0 Å². The van der Waals surface area contributed by atoms with Crippen molar-refractivity contribution in [2.45, 2.75) is 51.9 Å². The second-order valence-electron chi connectivity index (χ2n) is 5.45. The monoisotopic (exact) mass is 282 g/mol. The van der Waals surface area contributed by atoms with Gasteiger partial charge < -0.3 is 5.32 Å². The fraction of sp³-hybridized carbons (Fsp3) is 0.812. The van der Waals surface area contributed by atoms with Gasteiger partial charge >= 0.3 is 0 Å². The maximum absolute atomic E-state index is 4.44. The number of allylic oxidation sites excluding steroid dienone is 1. The standard InChI is InChI=1S/C16H30N2S/c1-3-15(13-19-2)12-18-14-17-11-10-16-8-6-4-5-7-9-16/h3,14,16H,4-13H2,1-2H3,(H,17,18)/b15-3-. The first-order valence-corrected chi connectivity index (χ1v) is 9.11. The van der Waals surface area contributed by atoms with E-state index in [0.717, 1.165) is 24.8 Å². The van der Waals surface area contributed by atoms with E-state index in [9.17, 15) is 0 Å². The van der Waals surface area contributed by atoms with Crippen molar-refractivity contribution in [3.05, 3.63) is 11.6 Å². The van der Waals surface area contributed by atoms with Gasteiger partial charge in [0.05, 0.1) is 12.9 Å². The first-order valence-electron chi connectivity index (χ1n) is 7.71. The van der Waals surface area contributed by atoms with Crippen LogP contribution in [-0.4, -0.2) is 31.4 Å². The topological polar surface area (TPSA) is 24.4 Å². The summed E-state index contributed by atoms with van der Waals surface area (Å²) in [6.45, 7) is 4.02. The van der Waals surface area contributed by atoms with Gasteiger partial charge in [0.2, 0.25) is 0 Å². The molecule has 19 heavy (non-hydrogen) atoms. The average molecular weight is 282 g/mol. The van der Waals surface area contributed by atoms with Crippen molar-refractivity contribution in [3.63, 3.8) is 0 Å². The van der Waals surface area contributed by atoms with Crippen molar-refractivity contribution in [2.75, 3.05) is 25.1 Å². The van der Waals surface area contributed by atoms with E-state index >= 15 is 0 Å². The van der Waals surface area contributed by atoms with Gasteiger partial charge in [0.25, 0.3) is 0 Å². The molecule has 1 N–H and O–H groups in total. The Hall–Kier alpha value is -0.440. The maximum Gasteiger partial charge on any atom is 0.0827 e. The second kappa shape index (κ2) is 11.4. The zero-order valence-electron chi connectivity index (χ0n) is 12.7. The van der Waals surface area contributed by atoms with Crippen molar-refractivity contribution >= 4 is 18.1 Å². The van der Waals surface area contributed by atoms with Gasteiger partial charge in [0, 0.05) is 12.3 Å². The minimum atomic E-state index is 0.841. The van der Waals surface area contributed by atoms with Crippen LogP contribution in [0.15, 0.2) is 16.6 Å². The number of hydrogen-bond donors (Lipinski definition) is 1. The number of hydrogen-bond acceptors (Lipinski definition) is 2. The Morgan fingerprint density at radius 2 is 2.00 bits per heavy atom. The molecule has 0 bridgehead atoms. The lowest BCUT2D eigenvalue weighted by atomic mass is 9.97. The van der Waals surface area contributed by atoms with E-state index in [1.165, 1.54) is 50.5 Å². The first kappa shape index (κ1) is 16.6. The SMILES string of the molecule is C/C=C(/CN=CNCCC1CCCCCC1)CSC. The van der Waals surface area contributed by atoms with Crippen LogP contribution in [0.25, 0.3) is 0 Å². The summed E-state index contributed by atoms with van der Waals surface area (Å²) < 4.78 is 0. The predicted molar refractivity (Wildman–Crippen MR) is 89.3 cm³/mol. The molecule has 1 aliphatic carbocycles. The number of thioether (sulfide) groups is 1. The van der Waals surface area contributed by atoms with Gasteiger partial charge in [-0.05, 0) is 31.1 Å². The van der Waals surface area contributed by atoms with E-state index in [1.54, 1.807) is 0 Å². The van der Waals surface area contributed by atoms with Crippen LogP contribution in [0.5, 0.6) is 0 Å². The molecule has 0 saturated heterocycles. The fourth-order valence-corrected chi connectivity index (χ4v) is 3.27. The highest BCUT2D eigenvalue weighted by Gasteiger charge is 2.10. The molecule has 2 nitrogen and oxygen atoms in total. The van der Waals surface area contributed by atoms with Crippen molar-refractivity contribution in [3.8, 4) is 0 Å². The van der Waals surface area contributed by atoms with Gasteiger partial charge in [-0.15, -0.1) is 0 Å². The van der Waals surface area contributed by atoms with E-state index in [4.69, 9.17) is 0 Å². The normalized spacial score (nSPS) is 18.7. The molecule has 0 radical (unpaired) electrons. The summed E-state index contributed by atoms with van der Waals surface area (Å²) in [5, 5.41) is 3.35. The van der Waals surface area contributed by atoms with Crippen LogP contribution < -0.4 is 5.32 Å². The lowest BCUT2D eigenvalue weighted by Gasteiger charge is -2.13. The molecule has 0 atom stereocenters. The molecule has 0 heterocycles. The molecule has 1 saturated carbocycles. The van der Waals surface area contributed by atoms with Crippen molar-refractivity contribution in [1.82, 2.24) is 5.32 Å². The Balaban J connectivity index is 2.06. The van der Waals surface area contributed by atoms with E-state index in [1.807, 2.05) is 18.1 Å². The Bertz CT molecular complexity index is 266. The maximum atomic E-state index is 4.44. The van der Waals surface area contributed by atoms with Gasteiger partial charge in [-0.25, -0.2) is 0 Å². The summed E-state index contributed by atoms with van der Waals surface area (Å²) in [7, 11) is 0. The molecule has 110 valence electrons. The average Bonchev–Trinajstić information content (AvgIpc) is 2.70. The Labute approximate surface area is 123 Å². The summed E-state index contributed by atoms with van der Waals surface area (Å²) in [4.78, 5) is 4.44. The van der Waals surface area contributed by atoms with Crippen LogP contribution in [0.3, 0.4) is 0 Å². The molecule has 0 aromatic rings. The number of nitrogens with one attached hydrogen (secondary N) is 1. The van der Waals surface area contributed by atoms with Crippen LogP contribution in [0, 0.1) is 5.92 Å². The highest BCUT2D eigenvalue weighted by molar-refractivity contribution is 7.98. The molecular weight excluding hydrogens is 252 g/mol. The van der Waals surface area contributed by atoms with Crippen molar-refractivity contribution in [1.29, 1.82) is 0 Å². The molecule has 1 aliphatic rings. The molecule has 3 heteroatoms. The van der Waals surface area contributed by atoms with Gasteiger partial charge in [-0.3, -0.25) is 4.99 Å². The number of rotatable bonds is 8. The minimum Gasteiger partial charge on any atom is -0.376 e. The molecule has 0 aromatic carbocycles. The summed E-state index contributed by atoms with van der Waals surface area (Å²) >= 11 is 1.86. The molecule has 0 unspecified atom stereocenters. The van der Waals surface area contributed by atoms with Crippen molar-refractivity contribution < 1.29 is 0 Å². The number of nitrogens with zero attached hydrogens (tertiary/aromatic N) is 1. The smallest absolute Gasteiger partial charge is 0.0827 e. The van der Waals surface area contributed by atoms with Crippen LogP contribution in [0.1, 0.15) is 51.9 Å². The Morgan fingerprint density at radius 3 is 2.63 bits per heavy atom. The predicted octanol–water partition coefficient (Wildman–Crippen LogP) is 4.27. The Morgan fingerprint density at radius 1 is 1.26 bits per heavy atom. The molecule has 0 aromatic heterocycles. The van der Waals surface area contributed by atoms with E-state index in [2.05, 4.69) is 29.6 Å². The Kier molecular flexibility index (Phi) is 9.96. The highest BCUT2D eigenvalue weighted by atomic mass is 32.2. The largest absolute Gasteiger partial charge is 0.376 e. The molecule has 0 spiro atoms. The summed E-state index contributed by atoms with van der Waals surface area (Å²) in [5.41, 5.74) is 1.41. The van der Waals surface area contributed by atoms with Crippen LogP contribution in [-0.2, 0) is 0 Å². The quantitative estimate of drug-likeness (QED) is 0.236. The molecule has 1 rings (SSSR count). The van der Waals surface area contributed by atoms with Crippen LogP contribution in [0.4, 0.5) is 0 Å².